The molecule has 3 aliphatic rings. The number of nitro groups is 1. The van der Waals surface area contributed by atoms with Gasteiger partial charge in [-0.25, -0.2) is 0 Å². The normalized spacial score (nSPS) is 21.9. The summed E-state index contributed by atoms with van der Waals surface area (Å²) in [7, 11) is 1.95. The Morgan fingerprint density at radius 2 is 1.53 bits per heavy atom. The minimum atomic E-state index is -4.20. The van der Waals surface area contributed by atoms with Crippen LogP contribution in [0.3, 0.4) is 0 Å². The van der Waals surface area contributed by atoms with Crippen LogP contribution < -0.4 is 24.3 Å². The zero-order chi connectivity index (χ0) is 45.9. The summed E-state index contributed by atoms with van der Waals surface area (Å²) in [5, 5.41) is 15.1. The van der Waals surface area contributed by atoms with Crippen molar-refractivity contribution in [2.45, 2.75) is 92.6 Å². The van der Waals surface area contributed by atoms with Crippen LogP contribution in [0.5, 0.6) is 23.0 Å². The van der Waals surface area contributed by atoms with E-state index in [4.69, 9.17) is 32.3 Å². The molecule has 0 radical (unpaired) electrons. The molecule has 0 aromatic heterocycles. The lowest BCUT2D eigenvalue weighted by atomic mass is 9.68. The van der Waals surface area contributed by atoms with Gasteiger partial charge in [-0.2, -0.15) is 8.42 Å². The molecule has 4 atom stereocenters. The van der Waals surface area contributed by atoms with Crippen molar-refractivity contribution in [3.05, 3.63) is 129 Å². The van der Waals surface area contributed by atoms with Crippen molar-refractivity contribution in [3.8, 4) is 23.0 Å². The predicted octanol–water partition coefficient (Wildman–Crippen LogP) is 9.28. The first kappa shape index (κ1) is 46.9. The Labute approximate surface area is 378 Å². The fourth-order valence-electron chi connectivity index (χ4n) is 9.99. The second kappa shape index (κ2) is 19.2. The third kappa shape index (κ3) is 8.85. The van der Waals surface area contributed by atoms with Gasteiger partial charge < -0.3 is 33.4 Å². The molecule has 1 heterocycles. The monoisotopic (exact) mass is 912 g/mol. The molecule has 15 heteroatoms. The summed E-state index contributed by atoms with van der Waals surface area (Å²) in [5.74, 6) is 2.96. The number of methoxy groups -OCH3 is 5. The second-order valence-electron chi connectivity index (χ2n) is 16.8. The molecular formula is C49H60N2O11SSi. The lowest BCUT2D eigenvalue weighted by Crippen LogP contribution is -2.49. The van der Waals surface area contributed by atoms with Crippen LogP contribution in [-0.2, 0) is 35.3 Å². The van der Waals surface area contributed by atoms with Gasteiger partial charge in [-0.15, -0.1) is 0 Å². The summed E-state index contributed by atoms with van der Waals surface area (Å²) in [6.45, 7) is 7.06. The number of hydrogen-bond donors (Lipinski definition) is 1. The van der Waals surface area contributed by atoms with E-state index in [1.165, 1.54) is 12.1 Å². The predicted molar refractivity (Wildman–Crippen MR) is 250 cm³/mol. The van der Waals surface area contributed by atoms with Crippen molar-refractivity contribution >= 4 is 35.3 Å². The number of rotatable bonds is 19. The molecule has 342 valence electrons. The zero-order valence-electron chi connectivity index (χ0n) is 38.0. The molecule has 2 aliphatic carbocycles. The largest absolute Gasteiger partial charge is 0.497 e. The van der Waals surface area contributed by atoms with Gasteiger partial charge in [0.05, 0.1) is 62.0 Å². The van der Waals surface area contributed by atoms with Crippen LogP contribution >= 0.6 is 0 Å². The Kier molecular flexibility index (Phi) is 14.1. The van der Waals surface area contributed by atoms with Crippen LogP contribution in [-0.4, -0.2) is 88.1 Å². The molecule has 64 heavy (non-hydrogen) atoms. The number of nitrogens with zero attached hydrogens (tertiary/aromatic N) is 1. The third-order valence-corrected chi connectivity index (χ3v) is 19.8. The van der Waals surface area contributed by atoms with Gasteiger partial charge in [-0.1, -0.05) is 51.1 Å². The Bertz CT molecular complexity index is 2520. The van der Waals surface area contributed by atoms with Crippen LogP contribution in [0.25, 0.3) is 11.1 Å². The van der Waals surface area contributed by atoms with Crippen LogP contribution in [0.1, 0.15) is 67.9 Å². The van der Waals surface area contributed by atoms with Crippen LogP contribution in [0.2, 0.25) is 18.1 Å². The maximum absolute atomic E-state index is 13.2. The van der Waals surface area contributed by atoms with E-state index in [1.807, 2.05) is 24.3 Å². The minimum absolute atomic E-state index is 0.00237. The average Bonchev–Trinajstić information content (AvgIpc) is 3.67. The summed E-state index contributed by atoms with van der Waals surface area (Å²) < 4.78 is 69.4. The van der Waals surface area contributed by atoms with Gasteiger partial charge in [0.2, 0.25) is 0 Å². The summed E-state index contributed by atoms with van der Waals surface area (Å²) in [6, 6.07) is 26.0. The summed E-state index contributed by atoms with van der Waals surface area (Å²) >= 11 is 0. The Balaban J connectivity index is 1.33. The number of hydrogen-bond acceptors (Lipinski definition) is 12. The highest BCUT2D eigenvalue weighted by atomic mass is 32.2. The van der Waals surface area contributed by atoms with Crippen molar-refractivity contribution < 1.29 is 45.6 Å². The first-order valence-corrected chi connectivity index (χ1v) is 25.8. The van der Waals surface area contributed by atoms with E-state index in [0.29, 0.717) is 19.4 Å². The lowest BCUT2D eigenvalue weighted by Gasteiger charge is -2.44. The van der Waals surface area contributed by atoms with Crippen LogP contribution in [0.15, 0.2) is 95.9 Å². The van der Waals surface area contributed by atoms with E-state index in [1.54, 1.807) is 35.5 Å². The maximum atomic E-state index is 13.2. The fourth-order valence-corrected chi connectivity index (χ4v) is 13.7. The lowest BCUT2D eigenvalue weighted by molar-refractivity contribution is -0.384. The Hall–Kier alpha value is -5.03. The topological polar surface area (TPSA) is 154 Å². The van der Waals surface area contributed by atoms with E-state index < -0.39 is 34.4 Å². The van der Waals surface area contributed by atoms with E-state index in [9.17, 15) is 18.5 Å². The molecule has 0 saturated heterocycles. The Morgan fingerprint density at radius 1 is 0.828 bits per heavy atom. The van der Waals surface area contributed by atoms with E-state index >= 15 is 0 Å². The van der Waals surface area contributed by atoms with Gasteiger partial charge in [0, 0.05) is 56.3 Å². The number of fused-ring (bicyclic) bond motifs is 3. The zero-order valence-corrected chi connectivity index (χ0v) is 39.8. The number of non-ortho nitro benzene ring substituents is 1. The first-order chi connectivity index (χ1) is 30.8. The number of benzene rings is 4. The molecule has 1 N–H and O–H groups in total. The third-order valence-electron chi connectivity index (χ3n) is 13.9. The number of nitro benzene ring substituents is 1. The molecule has 0 bridgehead atoms. The minimum Gasteiger partial charge on any atom is -0.497 e. The molecule has 0 saturated carbocycles. The van der Waals surface area contributed by atoms with Crippen LogP contribution in [0, 0.1) is 10.1 Å². The first-order valence-electron chi connectivity index (χ1n) is 21.9. The Morgan fingerprint density at radius 3 is 2.17 bits per heavy atom. The van der Waals surface area contributed by atoms with Crippen molar-refractivity contribution in [2.24, 2.45) is 0 Å². The van der Waals surface area contributed by atoms with Crippen molar-refractivity contribution in [1.82, 2.24) is 5.32 Å². The molecular weight excluding hydrogens is 853 g/mol. The maximum Gasteiger partial charge on any atom is 0.296 e. The molecule has 13 nitrogen and oxygen atoms in total. The molecule has 0 unspecified atom stereocenters. The van der Waals surface area contributed by atoms with Gasteiger partial charge in [-0.05, 0) is 107 Å². The average molecular weight is 913 g/mol. The standard InChI is InChI=1S/C49H60N2O11SSi/c1-9-64(10-2,11-3)62-45-31-48(60-8,23-24-61-63(54,55)40-18-15-36(16-19-40)51(52)53)22-21-42(45)41-20-17-38(57-5)28-43(41)34-30-49(35-13-12-14-37(27-35)56-4)46(50-32-34)26-33-25-39(58-6)29-44(59-7)47(33)49/h12-21,25,27-30,45-46,50H,9-11,22-24,26,31-32H2,1-8H3/t45-,46+,48+,49-/m1/s1. The van der Waals surface area contributed by atoms with Crippen LogP contribution in [0.4, 0.5) is 5.69 Å². The molecule has 0 fully saturated rings. The summed E-state index contributed by atoms with van der Waals surface area (Å²) in [6.07, 6.45) is 6.19. The van der Waals surface area contributed by atoms with Crippen molar-refractivity contribution in [2.75, 3.05) is 48.7 Å². The summed E-state index contributed by atoms with van der Waals surface area (Å²) in [4.78, 5) is 10.4. The van der Waals surface area contributed by atoms with Gasteiger partial charge in [0.15, 0.2) is 8.32 Å². The second-order valence-corrected chi connectivity index (χ2v) is 23.1. The van der Waals surface area contributed by atoms with E-state index in [0.717, 1.165) is 98.6 Å². The molecule has 0 amide bonds. The fraction of sp³-hybridized carbons (Fsp3) is 0.429. The van der Waals surface area contributed by atoms with Gasteiger partial charge in [0.1, 0.15) is 23.0 Å². The van der Waals surface area contributed by atoms with Gasteiger partial charge >= 0.3 is 0 Å². The quantitative estimate of drug-likeness (QED) is 0.0413. The number of ether oxygens (including phenoxy) is 5. The van der Waals surface area contributed by atoms with Gasteiger partial charge in [-0.3, -0.25) is 14.3 Å². The summed E-state index contributed by atoms with van der Waals surface area (Å²) in [5.41, 5.74) is 5.78. The molecule has 4 aromatic rings. The molecule has 7 rings (SSSR count). The van der Waals surface area contributed by atoms with E-state index in [2.05, 4.69) is 68.6 Å². The highest BCUT2D eigenvalue weighted by molar-refractivity contribution is 7.86. The van der Waals surface area contributed by atoms with Crippen molar-refractivity contribution in [3.63, 3.8) is 0 Å². The van der Waals surface area contributed by atoms with Gasteiger partial charge in [0.25, 0.3) is 15.8 Å². The highest BCUT2D eigenvalue weighted by Gasteiger charge is 2.51. The van der Waals surface area contributed by atoms with E-state index in [-0.39, 0.29) is 35.8 Å². The molecule has 4 aromatic carbocycles. The highest BCUT2D eigenvalue weighted by Crippen LogP contribution is 2.54. The number of nitrogens with one attached hydrogen (secondary N) is 1. The molecule has 0 spiro atoms. The van der Waals surface area contributed by atoms with Crippen molar-refractivity contribution in [1.29, 1.82) is 0 Å². The smallest absolute Gasteiger partial charge is 0.296 e. The molecule has 1 aliphatic heterocycles. The SMILES string of the molecule is CC[Si](CC)(CC)O[C@@H]1C[C@](CCOS(=O)(=O)c2ccc([N+](=O)[O-])cc2)(OC)CC=C1c1ccc(OC)cc1C1=C[C@]2(c3cccc(OC)c3)c3c(cc(OC)cc3OC)C[C@@H]2NC1.